The van der Waals surface area contributed by atoms with E-state index in [1.54, 1.807) is 0 Å². The van der Waals surface area contributed by atoms with Gasteiger partial charge in [0.1, 0.15) is 5.82 Å². The molecule has 1 aliphatic heterocycles. The van der Waals surface area contributed by atoms with Crippen LogP contribution in [0, 0.1) is 5.82 Å². The van der Waals surface area contributed by atoms with E-state index >= 15 is 0 Å². The Bertz CT molecular complexity index is 821. The van der Waals surface area contributed by atoms with Crippen molar-refractivity contribution in [3.8, 4) is 0 Å². The summed E-state index contributed by atoms with van der Waals surface area (Å²) < 4.78 is 37.2. The van der Waals surface area contributed by atoms with Gasteiger partial charge in [-0.25, -0.2) is 12.8 Å². The van der Waals surface area contributed by atoms with Crippen molar-refractivity contribution < 1.29 is 22.4 Å². The first kappa shape index (κ1) is 20.3. The molecule has 1 saturated heterocycles. The molecule has 0 saturated carbocycles. The third kappa shape index (κ3) is 5.79. The lowest BCUT2D eigenvalue weighted by molar-refractivity contribution is -0.133. The largest absolute Gasteiger partial charge is 0.343 e. The second-order valence-electron chi connectivity index (χ2n) is 5.77. The van der Waals surface area contributed by atoms with Crippen LogP contribution in [0.5, 0.6) is 0 Å². The van der Waals surface area contributed by atoms with Crippen molar-refractivity contribution in [1.29, 1.82) is 0 Å². The fourth-order valence-corrected chi connectivity index (χ4v) is 3.41. The minimum Gasteiger partial charge on any atom is -0.343 e. The van der Waals surface area contributed by atoms with Crippen LogP contribution in [-0.4, -0.2) is 68.4 Å². The van der Waals surface area contributed by atoms with Crippen molar-refractivity contribution in [3.63, 3.8) is 0 Å². The number of halogens is 2. The molecule has 1 aliphatic rings. The maximum Gasteiger partial charge on any atom is 0.244 e. The van der Waals surface area contributed by atoms with Gasteiger partial charge in [-0.1, -0.05) is 17.7 Å². The number of rotatable bonds is 5. The minimum absolute atomic E-state index is 0.0454. The van der Waals surface area contributed by atoms with Gasteiger partial charge in [-0.15, -0.1) is 0 Å². The number of piperazine rings is 1. The fourth-order valence-electron chi connectivity index (χ4n) is 2.39. The predicted octanol–water partition coefficient (Wildman–Crippen LogP) is 0.712. The summed E-state index contributed by atoms with van der Waals surface area (Å²) in [7, 11) is -3.26. The van der Waals surface area contributed by atoms with E-state index in [9.17, 15) is 22.4 Å². The van der Waals surface area contributed by atoms with Crippen molar-refractivity contribution in [1.82, 2.24) is 14.5 Å². The van der Waals surface area contributed by atoms with Crippen molar-refractivity contribution >= 4 is 39.5 Å². The van der Waals surface area contributed by atoms with Gasteiger partial charge in [0.25, 0.3) is 0 Å². The molecule has 1 aromatic carbocycles. The summed E-state index contributed by atoms with van der Waals surface area (Å²) in [6.45, 7) is 0.858. The maximum atomic E-state index is 13.1. The van der Waals surface area contributed by atoms with E-state index in [1.807, 2.05) is 0 Å². The zero-order chi connectivity index (χ0) is 19.3. The number of carbonyl (C=O) groups excluding carboxylic acids is 2. The van der Waals surface area contributed by atoms with Crippen LogP contribution in [-0.2, 0) is 19.6 Å². The molecule has 0 bridgehead atoms. The summed E-state index contributed by atoms with van der Waals surface area (Å²) in [6.07, 6.45) is 3.81. The van der Waals surface area contributed by atoms with Crippen molar-refractivity contribution in [2.75, 3.05) is 39.0 Å². The van der Waals surface area contributed by atoms with Crippen molar-refractivity contribution in [2.45, 2.75) is 0 Å². The number of hydrogen-bond donors (Lipinski definition) is 1. The van der Waals surface area contributed by atoms with Gasteiger partial charge in [0.05, 0.1) is 17.8 Å². The second kappa shape index (κ2) is 8.61. The average molecular weight is 404 g/mol. The summed E-state index contributed by atoms with van der Waals surface area (Å²) >= 11 is 5.66. The van der Waals surface area contributed by atoms with E-state index in [0.717, 1.165) is 6.26 Å². The van der Waals surface area contributed by atoms with Crippen LogP contribution in [0.4, 0.5) is 4.39 Å². The fraction of sp³-hybridized carbons (Fsp3) is 0.375. The van der Waals surface area contributed by atoms with Crippen LogP contribution in [0.1, 0.15) is 5.56 Å². The summed E-state index contributed by atoms with van der Waals surface area (Å²) in [6, 6.07) is 4.05. The zero-order valence-corrected chi connectivity index (χ0v) is 15.7. The highest BCUT2D eigenvalue weighted by molar-refractivity contribution is 7.88. The van der Waals surface area contributed by atoms with Gasteiger partial charge in [-0.2, -0.15) is 4.31 Å². The Balaban J connectivity index is 1.79. The molecule has 26 heavy (non-hydrogen) atoms. The van der Waals surface area contributed by atoms with Crippen LogP contribution in [0.3, 0.4) is 0 Å². The first-order valence-electron chi connectivity index (χ1n) is 7.80. The number of hydrogen-bond acceptors (Lipinski definition) is 4. The van der Waals surface area contributed by atoms with Crippen LogP contribution < -0.4 is 5.32 Å². The lowest BCUT2D eigenvalue weighted by Crippen LogP contribution is -2.52. The molecule has 1 aromatic rings. The monoisotopic (exact) mass is 403 g/mol. The molecule has 142 valence electrons. The number of sulfonamides is 1. The van der Waals surface area contributed by atoms with Gasteiger partial charge >= 0.3 is 0 Å². The first-order chi connectivity index (χ1) is 12.2. The summed E-state index contributed by atoms with van der Waals surface area (Å²) in [5.41, 5.74) is 0.551. The Labute approximate surface area is 156 Å². The molecular weight excluding hydrogens is 385 g/mol. The van der Waals surface area contributed by atoms with Crippen LogP contribution in [0.25, 0.3) is 6.08 Å². The third-order valence-electron chi connectivity index (χ3n) is 3.85. The SMILES string of the molecule is CS(=O)(=O)N1CCN(C(=O)CNC(=O)/C=C/c2ccc(F)c(Cl)c2)CC1. The van der Waals surface area contributed by atoms with E-state index in [0.29, 0.717) is 5.56 Å². The van der Waals surface area contributed by atoms with Crippen molar-refractivity contribution in [3.05, 3.63) is 40.7 Å². The Kier molecular flexibility index (Phi) is 6.74. The molecule has 1 heterocycles. The Morgan fingerprint density at radius 1 is 1.27 bits per heavy atom. The number of benzene rings is 1. The maximum absolute atomic E-state index is 13.1. The van der Waals surface area contributed by atoms with Crippen molar-refractivity contribution in [2.24, 2.45) is 0 Å². The van der Waals surface area contributed by atoms with Crippen LogP contribution >= 0.6 is 11.6 Å². The second-order valence-corrected chi connectivity index (χ2v) is 8.16. The predicted molar refractivity (Wildman–Crippen MR) is 96.5 cm³/mol. The van der Waals surface area contributed by atoms with E-state index < -0.39 is 21.7 Å². The highest BCUT2D eigenvalue weighted by Crippen LogP contribution is 2.16. The molecule has 0 spiro atoms. The van der Waals surface area contributed by atoms with Gasteiger partial charge in [-0.3, -0.25) is 9.59 Å². The summed E-state index contributed by atoms with van der Waals surface area (Å²) in [4.78, 5) is 25.4. The Morgan fingerprint density at radius 2 is 1.92 bits per heavy atom. The van der Waals surface area contributed by atoms with E-state index in [2.05, 4.69) is 5.32 Å². The molecular formula is C16H19ClFN3O4S. The first-order valence-corrected chi connectivity index (χ1v) is 10.0. The molecule has 10 heteroatoms. The van der Waals surface area contributed by atoms with Crippen LogP contribution in [0.2, 0.25) is 5.02 Å². The lowest BCUT2D eigenvalue weighted by Gasteiger charge is -2.33. The molecule has 2 rings (SSSR count). The molecule has 1 N–H and O–H groups in total. The number of carbonyl (C=O) groups is 2. The van der Waals surface area contributed by atoms with Crippen LogP contribution in [0.15, 0.2) is 24.3 Å². The van der Waals surface area contributed by atoms with Gasteiger partial charge in [0.2, 0.25) is 21.8 Å². The normalized spacial score (nSPS) is 16.0. The van der Waals surface area contributed by atoms with Gasteiger partial charge in [0.15, 0.2) is 0 Å². The summed E-state index contributed by atoms with van der Waals surface area (Å²) in [5, 5.41) is 2.42. The molecule has 7 nitrogen and oxygen atoms in total. The highest BCUT2D eigenvalue weighted by atomic mass is 35.5. The lowest BCUT2D eigenvalue weighted by atomic mass is 10.2. The number of nitrogens with zero attached hydrogens (tertiary/aromatic N) is 2. The quantitative estimate of drug-likeness (QED) is 0.734. The highest BCUT2D eigenvalue weighted by Gasteiger charge is 2.25. The molecule has 2 amide bonds. The zero-order valence-electron chi connectivity index (χ0n) is 14.1. The third-order valence-corrected chi connectivity index (χ3v) is 5.44. The van der Waals surface area contributed by atoms with Gasteiger partial charge < -0.3 is 10.2 Å². The molecule has 0 unspecified atom stereocenters. The van der Waals surface area contributed by atoms with E-state index in [4.69, 9.17) is 11.6 Å². The molecule has 0 aromatic heterocycles. The topological polar surface area (TPSA) is 86.8 Å². The standard InChI is InChI=1S/C16H19ClFN3O4S/c1-26(24,25)21-8-6-20(7-9-21)16(23)11-19-15(22)5-3-12-2-4-14(18)13(17)10-12/h2-5,10H,6-9,11H2,1H3,(H,19,22)/b5-3+. The Morgan fingerprint density at radius 3 is 2.50 bits per heavy atom. The minimum atomic E-state index is -3.26. The number of nitrogens with one attached hydrogen (secondary N) is 1. The number of amides is 2. The molecule has 0 atom stereocenters. The van der Waals surface area contributed by atoms with E-state index in [1.165, 1.54) is 39.6 Å². The molecule has 0 aliphatic carbocycles. The average Bonchev–Trinajstić information content (AvgIpc) is 2.60. The van der Waals surface area contributed by atoms with Gasteiger partial charge in [-0.05, 0) is 23.8 Å². The smallest absolute Gasteiger partial charge is 0.244 e. The van der Waals surface area contributed by atoms with E-state index in [-0.39, 0.29) is 43.7 Å². The van der Waals surface area contributed by atoms with Gasteiger partial charge in [0, 0.05) is 32.3 Å². The Hall–Kier alpha value is -1.97. The molecule has 0 radical (unpaired) electrons. The summed E-state index contributed by atoms with van der Waals surface area (Å²) in [5.74, 6) is -1.31. The molecule has 1 fully saturated rings.